The molecule has 1 aromatic carbocycles. The van der Waals surface area contributed by atoms with Crippen LogP contribution in [0.1, 0.15) is 34.8 Å². The number of hydrogen-bond acceptors (Lipinski definition) is 6. The number of para-hydroxylation sites is 1. The lowest BCUT2D eigenvalue weighted by atomic mass is 10.1. The Bertz CT molecular complexity index is 1070. The molecule has 0 aliphatic carbocycles. The molecule has 1 atom stereocenters. The van der Waals surface area contributed by atoms with E-state index in [9.17, 15) is 4.79 Å². The highest BCUT2D eigenvalue weighted by atomic mass is 16.5. The van der Waals surface area contributed by atoms with Crippen LogP contribution in [0.2, 0.25) is 0 Å². The molecule has 2 aromatic heterocycles. The molecule has 0 radical (unpaired) electrons. The summed E-state index contributed by atoms with van der Waals surface area (Å²) in [7, 11) is 3.42. The van der Waals surface area contributed by atoms with Gasteiger partial charge in [-0.2, -0.15) is 10.1 Å². The van der Waals surface area contributed by atoms with Crippen LogP contribution in [0.3, 0.4) is 0 Å². The fraction of sp³-hybridized carbons (Fsp3) is 0.391. The molecular formula is C23H27N5O3. The average molecular weight is 422 g/mol. The fourth-order valence-electron chi connectivity index (χ4n) is 3.95. The van der Waals surface area contributed by atoms with Crippen molar-refractivity contribution in [3.05, 3.63) is 53.6 Å². The van der Waals surface area contributed by atoms with E-state index in [0.29, 0.717) is 36.2 Å². The summed E-state index contributed by atoms with van der Waals surface area (Å²) < 4.78 is 13.2. The monoisotopic (exact) mass is 421 g/mol. The third kappa shape index (κ3) is 4.52. The van der Waals surface area contributed by atoms with Crippen LogP contribution in [0.15, 0.2) is 36.4 Å². The molecule has 8 nitrogen and oxygen atoms in total. The molecule has 1 saturated heterocycles. The number of aryl methyl sites for hydroxylation is 3. The second-order valence-corrected chi connectivity index (χ2v) is 7.77. The van der Waals surface area contributed by atoms with E-state index in [4.69, 9.17) is 9.47 Å². The van der Waals surface area contributed by atoms with Crippen molar-refractivity contribution in [2.45, 2.75) is 32.8 Å². The number of carbonyl (C=O) groups is 1. The number of carbonyl (C=O) groups excluding carboxylic acids is 1. The summed E-state index contributed by atoms with van der Waals surface area (Å²) in [5.74, 6) is 1.90. The zero-order valence-corrected chi connectivity index (χ0v) is 18.3. The Morgan fingerprint density at radius 1 is 1.16 bits per heavy atom. The fourth-order valence-corrected chi connectivity index (χ4v) is 3.95. The van der Waals surface area contributed by atoms with Crippen molar-refractivity contribution in [1.82, 2.24) is 24.6 Å². The van der Waals surface area contributed by atoms with Gasteiger partial charge in [0, 0.05) is 30.9 Å². The molecule has 1 unspecified atom stereocenters. The number of likely N-dealkylation sites (tertiary alicyclic amines) is 1. The SMILES string of the molecule is COc1ccccc1-c1cc(C(=O)N2CCCC(Oc3cc(C)nc(C)n3)C2)n(C)n1. The Hall–Kier alpha value is -3.42. The highest BCUT2D eigenvalue weighted by molar-refractivity contribution is 5.94. The van der Waals surface area contributed by atoms with Crippen LogP contribution >= 0.6 is 0 Å². The van der Waals surface area contributed by atoms with Gasteiger partial charge in [0.2, 0.25) is 5.88 Å². The first-order valence-electron chi connectivity index (χ1n) is 10.4. The number of piperidine rings is 1. The molecule has 1 fully saturated rings. The second kappa shape index (κ2) is 8.75. The van der Waals surface area contributed by atoms with E-state index in [2.05, 4.69) is 15.1 Å². The summed E-state index contributed by atoms with van der Waals surface area (Å²) in [5.41, 5.74) is 2.97. The van der Waals surface area contributed by atoms with E-state index in [1.807, 2.05) is 55.1 Å². The molecule has 1 amide bonds. The van der Waals surface area contributed by atoms with Crippen LogP contribution < -0.4 is 9.47 Å². The van der Waals surface area contributed by atoms with Gasteiger partial charge in [0.25, 0.3) is 5.91 Å². The molecule has 0 bridgehead atoms. The van der Waals surface area contributed by atoms with Gasteiger partial charge in [0.05, 0.1) is 19.3 Å². The number of amides is 1. The van der Waals surface area contributed by atoms with Gasteiger partial charge in [-0.05, 0) is 44.9 Å². The van der Waals surface area contributed by atoms with Crippen LogP contribution in [-0.2, 0) is 7.05 Å². The second-order valence-electron chi connectivity index (χ2n) is 7.77. The third-order valence-electron chi connectivity index (χ3n) is 5.38. The zero-order valence-electron chi connectivity index (χ0n) is 18.3. The predicted molar refractivity (Wildman–Crippen MR) is 116 cm³/mol. The highest BCUT2D eigenvalue weighted by Crippen LogP contribution is 2.29. The van der Waals surface area contributed by atoms with Crippen LogP contribution in [-0.4, -0.2) is 56.9 Å². The lowest BCUT2D eigenvalue weighted by molar-refractivity contribution is 0.0517. The minimum Gasteiger partial charge on any atom is -0.496 e. The normalized spacial score (nSPS) is 16.3. The number of benzene rings is 1. The third-order valence-corrected chi connectivity index (χ3v) is 5.38. The number of rotatable bonds is 5. The van der Waals surface area contributed by atoms with Crippen LogP contribution in [0.25, 0.3) is 11.3 Å². The van der Waals surface area contributed by atoms with Crippen molar-refractivity contribution in [2.24, 2.45) is 7.05 Å². The first kappa shape index (κ1) is 20.8. The van der Waals surface area contributed by atoms with Gasteiger partial charge in [-0.1, -0.05) is 12.1 Å². The van der Waals surface area contributed by atoms with E-state index in [-0.39, 0.29) is 12.0 Å². The smallest absolute Gasteiger partial charge is 0.272 e. The molecule has 4 rings (SSSR count). The first-order valence-corrected chi connectivity index (χ1v) is 10.4. The maximum atomic E-state index is 13.3. The van der Waals surface area contributed by atoms with Gasteiger partial charge < -0.3 is 14.4 Å². The molecular weight excluding hydrogens is 394 g/mol. The van der Waals surface area contributed by atoms with E-state index in [1.165, 1.54) is 0 Å². The van der Waals surface area contributed by atoms with E-state index in [1.54, 1.807) is 18.8 Å². The van der Waals surface area contributed by atoms with Crippen LogP contribution in [0.4, 0.5) is 0 Å². The maximum Gasteiger partial charge on any atom is 0.272 e. The van der Waals surface area contributed by atoms with Crippen LogP contribution in [0.5, 0.6) is 11.6 Å². The number of hydrogen-bond donors (Lipinski definition) is 0. The quantitative estimate of drug-likeness (QED) is 0.629. The first-order chi connectivity index (χ1) is 14.9. The molecule has 3 aromatic rings. The molecule has 162 valence electrons. The molecule has 8 heteroatoms. The molecule has 0 spiro atoms. The highest BCUT2D eigenvalue weighted by Gasteiger charge is 2.28. The zero-order chi connectivity index (χ0) is 22.0. The minimum absolute atomic E-state index is 0.0560. The Morgan fingerprint density at radius 2 is 1.97 bits per heavy atom. The Kier molecular flexibility index (Phi) is 5.88. The van der Waals surface area contributed by atoms with Gasteiger partial charge in [-0.25, -0.2) is 4.98 Å². The Labute approximate surface area is 181 Å². The van der Waals surface area contributed by atoms with Gasteiger partial charge >= 0.3 is 0 Å². The van der Waals surface area contributed by atoms with Gasteiger partial charge in [0.15, 0.2) is 0 Å². The summed E-state index contributed by atoms with van der Waals surface area (Å²) >= 11 is 0. The molecule has 1 aliphatic heterocycles. The van der Waals surface area contributed by atoms with Gasteiger partial charge in [-0.15, -0.1) is 0 Å². The molecule has 1 aliphatic rings. The van der Waals surface area contributed by atoms with E-state index >= 15 is 0 Å². The standard InChI is InChI=1S/C23H27N5O3/c1-15-12-22(25-16(2)24-15)31-17-8-7-11-28(14-17)23(29)20-13-19(26-27(20)3)18-9-5-6-10-21(18)30-4/h5-6,9-10,12-13,17H,7-8,11,14H2,1-4H3. The molecule has 0 saturated carbocycles. The van der Waals surface area contributed by atoms with Crippen molar-refractivity contribution < 1.29 is 14.3 Å². The predicted octanol–water partition coefficient (Wildman–Crippen LogP) is 3.19. The number of aromatic nitrogens is 4. The van der Waals surface area contributed by atoms with Crippen molar-refractivity contribution in [3.63, 3.8) is 0 Å². The van der Waals surface area contributed by atoms with Gasteiger partial charge in [-0.3, -0.25) is 9.48 Å². The number of methoxy groups -OCH3 is 1. The maximum absolute atomic E-state index is 13.3. The molecule has 31 heavy (non-hydrogen) atoms. The topological polar surface area (TPSA) is 82.4 Å². The lowest BCUT2D eigenvalue weighted by Gasteiger charge is -2.32. The van der Waals surface area contributed by atoms with E-state index in [0.717, 1.165) is 29.8 Å². The van der Waals surface area contributed by atoms with Crippen molar-refractivity contribution in [2.75, 3.05) is 20.2 Å². The molecule has 3 heterocycles. The largest absolute Gasteiger partial charge is 0.496 e. The van der Waals surface area contributed by atoms with Gasteiger partial charge in [0.1, 0.15) is 23.4 Å². The molecule has 0 N–H and O–H groups in total. The van der Waals surface area contributed by atoms with E-state index < -0.39 is 0 Å². The summed E-state index contributed by atoms with van der Waals surface area (Å²) in [6.07, 6.45) is 1.65. The summed E-state index contributed by atoms with van der Waals surface area (Å²) in [6.45, 7) is 4.96. The minimum atomic E-state index is -0.103. The van der Waals surface area contributed by atoms with Crippen LogP contribution in [0, 0.1) is 13.8 Å². The summed E-state index contributed by atoms with van der Waals surface area (Å²) in [5, 5.41) is 4.55. The van der Waals surface area contributed by atoms with Crippen molar-refractivity contribution in [3.8, 4) is 22.9 Å². The Morgan fingerprint density at radius 3 is 2.74 bits per heavy atom. The average Bonchev–Trinajstić information content (AvgIpc) is 3.14. The Balaban J connectivity index is 1.51. The number of ether oxygens (including phenoxy) is 2. The van der Waals surface area contributed by atoms with Crippen molar-refractivity contribution in [1.29, 1.82) is 0 Å². The summed E-state index contributed by atoms with van der Waals surface area (Å²) in [4.78, 5) is 23.8. The number of nitrogens with zero attached hydrogens (tertiary/aromatic N) is 5. The van der Waals surface area contributed by atoms with Crippen molar-refractivity contribution >= 4 is 5.91 Å². The summed E-state index contributed by atoms with van der Waals surface area (Å²) in [6, 6.07) is 11.3. The lowest BCUT2D eigenvalue weighted by Crippen LogP contribution is -2.45.